The number of hydrogen-bond donors (Lipinski definition) is 1. The number of H-pyrrole nitrogens is 1. The zero-order chi connectivity index (χ0) is 10.3. The first-order chi connectivity index (χ1) is 6.65. The zero-order valence-electron chi connectivity index (χ0n) is 8.45. The highest BCUT2D eigenvalue weighted by Gasteiger charge is 2.10. The summed E-state index contributed by atoms with van der Waals surface area (Å²) < 4.78 is 0. The van der Waals surface area contributed by atoms with Crippen LogP contribution in [0.2, 0.25) is 5.02 Å². The van der Waals surface area contributed by atoms with E-state index in [0.717, 1.165) is 17.0 Å². The molecule has 2 heteroatoms. The minimum absolute atomic E-state index is 0.786. The van der Waals surface area contributed by atoms with E-state index in [-0.39, 0.29) is 0 Å². The summed E-state index contributed by atoms with van der Waals surface area (Å²) in [6.45, 7) is 8.11. The number of rotatable bonds is 1. The number of aromatic nitrogens is 1. The second kappa shape index (κ2) is 3.32. The number of nitrogens with one attached hydrogen (secondary N) is 1. The fourth-order valence-corrected chi connectivity index (χ4v) is 2.16. The van der Waals surface area contributed by atoms with Crippen LogP contribution in [0.5, 0.6) is 0 Å². The minimum Gasteiger partial charge on any atom is -0.357 e. The van der Waals surface area contributed by atoms with E-state index >= 15 is 0 Å². The summed E-state index contributed by atoms with van der Waals surface area (Å²) in [6.07, 6.45) is 0.799. The van der Waals surface area contributed by atoms with Crippen LogP contribution < -0.4 is 0 Å². The van der Waals surface area contributed by atoms with E-state index in [9.17, 15) is 0 Å². The molecule has 0 fully saturated rings. The third-order valence-electron chi connectivity index (χ3n) is 2.68. The van der Waals surface area contributed by atoms with Crippen LogP contribution in [0, 0.1) is 20.8 Å². The van der Waals surface area contributed by atoms with Crippen molar-refractivity contribution in [2.75, 3.05) is 0 Å². The second-order valence-electron chi connectivity index (χ2n) is 3.59. The Balaban J connectivity index is 2.93. The van der Waals surface area contributed by atoms with Crippen molar-refractivity contribution in [3.8, 4) is 0 Å². The van der Waals surface area contributed by atoms with Crippen molar-refractivity contribution in [3.05, 3.63) is 40.9 Å². The van der Waals surface area contributed by atoms with Gasteiger partial charge in [-0.15, -0.1) is 0 Å². The van der Waals surface area contributed by atoms with E-state index in [1.54, 1.807) is 0 Å². The Morgan fingerprint density at radius 2 is 2.07 bits per heavy atom. The van der Waals surface area contributed by atoms with Crippen molar-refractivity contribution < 1.29 is 0 Å². The number of benzene rings is 1. The van der Waals surface area contributed by atoms with Crippen LogP contribution in [-0.2, 0) is 6.42 Å². The predicted molar refractivity (Wildman–Crippen MR) is 61.8 cm³/mol. The third-order valence-corrected chi connectivity index (χ3v) is 2.99. The molecule has 0 spiro atoms. The molecule has 0 aliphatic heterocycles. The molecule has 0 atom stereocenters. The Hall–Kier alpha value is -0.950. The molecule has 0 saturated carbocycles. The molecule has 0 unspecified atom stereocenters. The lowest BCUT2D eigenvalue weighted by Crippen LogP contribution is -1.83. The molecule has 73 valence electrons. The molecule has 2 aromatic rings. The fraction of sp³-hybridized carbons (Fsp3) is 0.250. The van der Waals surface area contributed by atoms with Gasteiger partial charge >= 0.3 is 0 Å². The molecule has 2 rings (SSSR count). The maximum atomic E-state index is 6.12. The van der Waals surface area contributed by atoms with Crippen LogP contribution in [0.25, 0.3) is 10.9 Å². The standard InChI is InChI=1S/C12H13ClN/c1-4-9-8(3)14-12-10(13)6-5-7(2)11(9)12/h5-6,14H,1,4H2,2-3H3. The molecule has 1 radical (unpaired) electrons. The third kappa shape index (κ3) is 1.24. The highest BCUT2D eigenvalue weighted by atomic mass is 35.5. The molecule has 0 aliphatic carbocycles. The quantitative estimate of drug-likeness (QED) is 0.730. The fourth-order valence-electron chi connectivity index (χ4n) is 1.96. The van der Waals surface area contributed by atoms with Crippen LogP contribution in [0.15, 0.2) is 12.1 Å². The van der Waals surface area contributed by atoms with Crippen molar-refractivity contribution in [2.24, 2.45) is 0 Å². The van der Waals surface area contributed by atoms with Crippen molar-refractivity contribution in [3.63, 3.8) is 0 Å². The smallest absolute Gasteiger partial charge is 0.0650 e. The molecule has 0 aliphatic rings. The Kier molecular flexibility index (Phi) is 2.28. The second-order valence-corrected chi connectivity index (χ2v) is 4.00. The van der Waals surface area contributed by atoms with Gasteiger partial charge in [-0.2, -0.15) is 0 Å². The molecular weight excluding hydrogens is 194 g/mol. The highest BCUT2D eigenvalue weighted by molar-refractivity contribution is 6.35. The molecule has 1 nitrogen and oxygen atoms in total. The average molecular weight is 207 g/mol. The largest absolute Gasteiger partial charge is 0.357 e. The summed E-state index contributed by atoms with van der Waals surface area (Å²) in [5, 5.41) is 2.03. The first kappa shape index (κ1) is 9.60. The number of halogens is 1. The number of hydrogen-bond acceptors (Lipinski definition) is 0. The van der Waals surface area contributed by atoms with Crippen LogP contribution in [0.1, 0.15) is 16.8 Å². The lowest BCUT2D eigenvalue weighted by Gasteiger charge is -2.00. The summed E-state index contributed by atoms with van der Waals surface area (Å²) in [4.78, 5) is 3.32. The van der Waals surface area contributed by atoms with Gasteiger partial charge in [0.15, 0.2) is 0 Å². The molecule has 1 heterocycles. The topological polar surface area (TPSA) is 15.8 Å². The van der Waals surface area contributed by atoms with E-state index < -0.39 is 0 Å². The van der Waals surface area contributed by atoms with Gasteiger partial charge in [-0.1, -0.05) is 17.7 Å². The summed E-state index contributed by atoms with van der Waals surface area (Å²) in [6, 6.07) is 3.99. The Bertz CT molecular complexity index is 483. The van der Waals surface area contributed by atoms with E-state index in [1.165, 1.54) is 22.2 Å². The van der Waals surface area contributed by atoms with Gasteiger partial charge in [0.1, 0.15) is 0 Å². The van der Waals surface area contributed by atoms with Gasteiger partial charge in [-0.3, -0.25) is 0 Å². The van der Waals surface area contributed by atoms with Gasteiger partial charge in [-0.25, -0.2) is 0 Å². The van der Waals surface area contributed by atoms with Gasteiger partial charge in [0.2, 0.25) is 0 Å². The first-order valence-electron chi connectivity index (χ1n) is 4.70. The molecule has 0 amide bonds. The summed E-state index contributed by atoms with van der Waals surface area (Å²) in [5.41, 5.74) is 4.75. The van der Waals surface area contributed by atoms with Gasteiger partial charge in [0.25, 0.3) is 0 Å². The van der Waals surface area contributed by atoms with Crippen molar-refractivity contribution in [2.45, 2.75) is 20.3 Å². The predicted octanol–water partition coefficient (Wildman–Crippen LogP) is 3.81. The SMILES string of the molecule is [CH2]Cc1c(C)[nH]c2c(Cl)ccc(C)c12. The highest BCUT2D eigenvalue weighted by Crippen LogP contribution is 2.30. The number of aryl methyl sites for hydroxylation is 2. The summed E-state index contributed by atoms with van der Waals surface area (Å²) in [7, 11) is 0. The van der Waals surface area contributed by atoms with Crippen LogP contribution in [-0.4, -0.2) is 4.98 Å². The average Bonchev–Trinajstić information content (AvgIpc) is 2.50. The molecular formula is C12H13ClN. The summed E-state index contributed by atoms with van der Waals surface area (Å²) >= 11 is 6.12. The van der Waals surface area contributed by atoms with Crippen molar-refractivity contribution >= 4 is 22.5 Å². The van der Waals surface area contributed by atoms with Crippen LogP contribution in [0.4, 0.5) is 0 Å². The monoisotopic (exact) mass is 206 g/mol. The van der Waals surface area contributed by atoms with Crippen molar-refractivity contribution in [1.82, 2.24) is 4.98 Å². The Labute approximate surface area is 89.1 Å². The van der Waals surface area contributed by atoms with Gasteiger partial charge < -0.3 is 4.98 Å². The lowest BCUT2D eigenvalue weighted by atomic mass is 10.0. The van der Waals surface area contributed by atoms with Gasteiger partial charge in [0, 0.05) is 11.1 Å². The van der Waals surface area contributed by atoms with Gasteiger partial charge in [0.05, 0.1) is 10.5 Å². The molecule has 0 bridgehead atoms. The first-order valence-corrected chi connectivity index (χ1v) is 5.08. The number of aromatic amines is 1. The van der Waals surface area contributed by atoms with E-state index in [2.05, 4.69) is 31.8 Å². The summed E-state index contributed by atoms with van der Waals surface area (Å²) in [5.74, 6) is 0. The van der Waals surface area contributed by atoms with Gasteiger partial charge in [-0.05, 0) is 44.4 Å². The minimum atomic E-state index is 0.786. The zero-order valence-corrected chi connectivity index (χ0v) is 9.20. The molecule has 1 N–H and O–H groups in total. The Morgan fingerprint density at radius 3 is 2.71 bits per heavy atom. The lowest BCUT2D eigenvalue weighted by molar-refractivity contribution is 1.19. The molecule has 1 aromatic heterocycles. The van der Waals surface area contributed by atoms with Crippen molar-refractivity contribution in [1.29, 1.82) is 0 Å². The van der Waals surface area contributed by atoms with E-state index in [1.807, 2.05) is 6.07 Å². The maximum absolute atomic E-state index is 6.12. The molecule has 14 heavy (non-hydrogen) atoms. The maximum Gasteiger partial charge on any atom is 0.0650 e. The van der Waals surface area contributed by atoms with Crippen LogP contribution in [0.3, 0.4) is 0 Å². The normalized spacial score (nSPS) is 11.1. The van der Waals surface area contributed by atoms with Crippen LogP contribution >= 0.6 is 11.6 Å². The van der Waals surface area contributed by atoms with E-state index in [0.29, 0.717) is 0 Å². The Morgan fingerprint density at radius 1 is 1.36 bits per heavy atom. The van der Waals surface area contributed by atoms with E-state index in [4.69, 9.17) is 11.6 Å². The molecule has 1 aromatic carbocycles. The number of fused-ring (bicyclic) bond motifs is 1. The molecule has 0 saturated heterocycles.